The maximum absolute atomic E-state index is 12.5. The van der Waals surface area contributed by atoms with Gasteiger partial charge in [0.2, 0.25) is 10.0 Å². The highest BCUT2D eigenvalue weighted by Gasteiger charge is 2.22. The molecule has 1 aromatic heterocycles. The smallest absolute Gasteiger partial charge is 0.271 e. The van der Waals surface area contributed by atoms with E-state index in [4.69, 9.17) is 0 Å². The van der Waals surface area contributed by atoms with Gasteiger partial charge in [0.05, 0.1) is 23.1 Å². The van der Waals surface area contributed by atoms with Gasteiger partial charge in [-0.2, -0.15) is 5.10 Å². The first kappa shape index (κ1) is 25.6. The summed E-state index contributed by atoms with van der Waals surface area (Å²) in [5.41, 5.74) is 8.14. The molecular formula is C24H27N5O5S. The number of rotatable bonds is 8. The number of nitro benzene ring substituents is 1. The van der Waals surface area contributed by atoms with Gasteiger partial charge in [-0.3, -0.25) is 19.2 Å². The van der Waals surface area contributed by atoms with Crippen molar-refractivity contribution in [2.24, 2.45) is 5.10 Å². The van der Waals surface area contributed by atoms with E-state index in [-0.39, 0.29) is 11.4 Å². The molecule has 1 amide bonds. The third-order valence-electron chi connectivity index (χ3n) is 5.47. The second kappa shape index (κ2) is 10.1. The van der Waals surface area contributed by atoms with E-state index in [2.05, 4.69) is 27.2 Å². The van der Waals surface area contributed by atoms with E-state index in [1.165, 1.54) is 30.0 Å². The van der Waals surface area contributed by atoms with Crippen LogP contribution in [0, 0.1) is 37.8 Å². The summed E-state index contributed by atoms with van der Waals surface area (Å²) >= 11 is 0. The van der Waals surface area contributed by atoms with Crippen LogP contribution in [0.2, 0.25) is 0 Å². The molecule has 2 aromatic carbocycles. The molecule has 0 aliphatic rings. The number of aryl methyl sites for hydroxylation is 3. The molecule has 0 bridgehead atoms. The van der Waals surface area contributed by atoms with Gasteiger partial charge in [0.1, 0.15) is 6.54 Å². The average molecular weight is 498 g/mol. The molecule has 0 aliphatic heterocycles. The molecule has 3 aromatic rings. The number of anilines is 1. The second-order valence-corrected chi connectivity index (χ2v) is 10.2. The fraction of sp³-hybridized carbons (Fsp3) is 0.250. The molecule has 0 saturated carbocycles. The standard InChI is InChI=1S/C24H27N5O5S/c1-16-9-10-23(17(2)11-16)28-18(3)12-20(19(28)4)14-25-26-24(30)15-27(35(5,33)34)21-7-6-8-22(13-21)29(31)32/h6-14H,15H2,1-5H3,(H,26,30)/b25-14-. The minimum atomic E-state index is -3.88. The number of non-ortho nitro benzene ring substituents is 1. The lowest BCUT2D eigenvalue weighted by atomic mass is 10.1. The van der Waals surface area contributed by atoms with Crippen LogP contribution in [0.3, 0.4) is 0 Å². The highest BCUT2D eigenvalue weighted by atomic mass is 32.2. The van der Waals surface area contributed by atoms with Gasteiger partial charge < -0.3 is 4.57 Å². The third kappa shape index (κ3) is 5.93. The van der Waals surface area contributed by atoms with Crippen molar-refractivity contribution >= 4 is 33.5 Å². The first-order chi connectivity index (χ1) is 16.4. The molecule has 0 spiro atoms. The van der Waals surface area contributed by atoms with E-state index in [0.717, 1.165) is 44.8 Å². The predicted octanol–water partition coefficient (Wildman–Crippen LogP) is 3.54. The van der Waals surface area contributed by atoms with Gasteiger partial charge in [0, 0.05) is 34.8 Å². The molecule has 0 fully saturated rings. The predicted molar refractivity (Wildman–Crippen MR) is 136 cm³/mol. The first-order valence-corrected chi connectivity index (χ1v) is 12.5. The Morgan fingerprint density at radius 3 is 2.49 bits per heavy atom. The van der Waals surface area contributed by atoms with Crippen LogP contribution < -0.4 is 9.73 Å². The zero-order valence-corrected chi connectivity index (χ0v) is 21.0. The molecular weight excluding hydrogens is 470 g/mol. The van der Waals surface area contributed by atoms with E-state index < -0.39 is 27.4 Å². The number of carbonyl (C=O) groups excluding carboxylic acids is 1. The zero-order valence-electron chi connectivity index (χ0n) is 20.1. The van der Waals surface area contributed by atoms with Crippen molar-refractivity contribution in [3.05, 3.63) is 86.7 Å². The Bertz CT molecular complexity index is 1430. The highest BCUT2D eigenvalue weighted by molar-refractivity contribution is 7.92. The molecule has 0 unspecified atom stereocenters. The summed E-state index contributed by atoms with van der Waals surface area (Å²) in [6, 6.07) is 13.2. The quantitative estimate of drug-likeness (QED) is 0.289. The summed E-state index contributed by atoms with van der Waals surface area (Å²) in [5, 5.41) is 15.0. The number of nitro groups is 1. The molecule has 0 radical (unpaired) electrons. The number of aromatic nitrogens is 1. The molecule has 3 rings (SSSR count). The van der Waals surface area contributed by atoms with Crippen LogP contribution in [-0.4, -0.2) is 42.8 Å². The third-order valence-corrected chi connectivity index (χ3v) is 6.61. The Balaban J connectivity index is 1.78. The van der Waals surface area contributed by atoms with Crippen molar-refractivity contribution in [1.82, 2.24) is 9.99 Å². The lowest BCUT2D eigenvalue weighted by Crippen LogP contribution is -2.39. The lowest BCUT2D eigenvalue weighted by Gasteiger charge is -2.21. The molecule has 184 valence electrons. The van der Waals surface area contributed by atoms with Gasteiger partial charge in [-0.15, -0.1) is 0 Å². The number of hydrogen-bond acceptors (Lipinski definition) is 6. The second-order valence-electron chi connectivity index (χ2n) is 8.29. The number of hydrazone groups is 1. The van der Waals surface area contributed by atoms with E-state index in [0.29, 0.717) is 0 Å². The topological polar surface area (TPSA) is 127 Å². The van der Waals surface area contributed by atoms with Crippen molar-refractivity contribution in [2.75, 3.05) is 17.1 Å². The van der Waals surface area contributed by atoms with Gasteiger partial charge in [-0.05, 0) is 51.5 Å². The molecule has 0 aliphatic carbocycles. The Kier molecular flexibility index (Phi) is 7.39. The van der Waals surface area contributed by atoms with Crippen molar-refractivity contribution < 1.29 is 18.1 Å². The van der Waals surface area contributed by atoms with Gasteiger partial charge in [-0.25, -0.2) is 13.8 Å². The van der Waals surface area contributed by atoms with E-state index in [9.17, 15) is 23.3 Å². The number of hydrogen-bond donors (Lipinski definition) is 1. The minimum Gasteiger partial charge on any atom is -0.318 e. The van der Waals surface area contributed by atoms with Crippen molar-refractivity contribution in [3.8, 4) is 5.69 Å². The van der Waals surface area contributed by atoms with Crippen LogP contribution in [0.25, 0.3) is 5.69 Å². The van der Waals surface area contributed by atoms with Crippen LogP contribution in [0.5, 0.6) is 0 Å². The highest BCUT2D eigenvalue weighted by Crippen LogP contribution is 2.24. The normalized spacial score (nSPS) is 11.6. The van der Waals surface area contributed by atoms with Crippen LogP contribution in [-0.2, 0) is 14.8 Å². The molecule has 0 atom stereocenters. The van der Waals surface area contributed by atoms with Crippen molar-refractivity contribution in [2.45, 2.75) is 27.7 Å². The number of nitrogens with zero attached hydrogens (tertiary/aromatic N) is 4. The Morgan fingerprint density at radius 1 is 1.14 bits per heavy atom. The average Bonchev–Trinajstić information content (AvgIpc) is 3.04. The fourth-order valence-corrected chi connectivity index (χ4v) is 4.69. The number of sulfonamides is 1. The molecule has 11 heteroatoms. The fourth-order valence-electron chi connectivity index (χ4n) is 3.85. The van der Waals surface area contributed by atoms with E-state index >= 15 is 0 Å². The van der Waals surface area contributed by atoms with Crippen molar-refractivity contribution in [3.63, 3.8) is 0 Å². The largest absolute Gasteiger partial charge is 0.318 e. The summed E-state index contributed by atoms with van der Waals surface area (Å²) in [4.78, 5) is 22.9. The van der Waals surface area contributed by atoms with Gasteiger partial charge in [0.15, 0.2) is 0 Å². The van der Waals surface area contributed by atoms with Gasteiger partial charge in [-0.1, -0.05) is 23.8 Å². The van der Waals surface area contributed by atoms with Crippen LogP contribution in [0.1, 0.15) is 28.1 Å². The summed E-state index contributed by atoms with van der Waals surface area (Å²) in [5.74, 6) is -0.693. The Morgan fingerprint density at radius 2 is 1.86 bits per heavy atom. The number of carbonyl (C=O) groups is 1. The van der Waals surface area contributed by atoms with Gasteiger partial charge in [0.25, 0.3) is 11.6 Å². The summed E-state index contributed by atoms with van der Waals surface area (Å²) in [7, 11) is -3.88. The number of benzene rings is 2. The molecule has 0 saturated heterocycles. The first-order valence-electron chi connectivity index (χ1n) is 10.7. The molecule has 1 heterocycles. The maximum Gasteiger partial charge on any atom is 0.271 e. The van der Waals surface area contributed by atoms with Crippen molar-refractivity contribution in [1.29, 1.82) is 0 Å². The molecule has 35 heavy (non-hydrogen) atoms. The molecule has 10 nitrogen and oxygen atoms in total. The van der Waals surface area contributed by atoms with E-state index in [1.807, 2.05) is 39.8 Å². The van der Waals surface area contributed by atoms with E-state index in [1.54, 1.807) is 0 Å². The summed E-state index contributed by atoms with van der Waals surface area (Å²) < 4.78 is 27.4. The van der Waals surface area contributed by atoms with Crippen LogP contribution >= 0.6 is 0 Å². The van der Waals surface area contributed by atoms with Gasteiger partial charge >= 0.3 is 0 Å². The number of amides is 1. The maximum atomic E-state index is 12.5. The summed E-state index contributed by atoms with van der Waals surface area (Å²) in [6.45, 7) is 7.42. The Labute approximate surface area is 204 Å². The Hall–Kier alpha value is -3.99. The minimum absolute atomic E-state index is 0.0119. The lowest BCUT2D eigenvalue weighted by molar-refractivity contribution is -0.384. The number of nitrogens with one attached hydrogen (secondary N) is 1. The summed E-state index contributed by atoms with van der Waals surface area (Å²) in [6.07, 6.45) is 2.42. The van der Waals surface area contributed by atoms with Crippen LogP contribution in [0.15, 0.2) is 53.6 Å². The monoisotopic (exact) mass is 497 g/mol. The zero-order chi connectivity index (χ0) is 25.9. The SMILES string of the molecule is Cc1ccc(-n2c(C)cc(/C=N\NC(=O)CN(c3cccc([N+](=O)[O-])c3)S(C)(=O)=O)c2C)c(C)c1. The molecule has 1 N–H and O–H groups in total. The van der Waals surface area contributed by atoms with Crippen LogP contribution in [0.4, 0.5) is 11.4 Å².